The molecule has 8 heteroatoms. The number of rotatable bonds is 6. The van der Waals surface area contributed by atoms with Crippen LogP contribution in [0.4, 0.5) is 0 Å². The molecule has 0 fully saturated rings. The van der Waals surface area contributed by atoms with Crippen molar-refractivity contribution in [3.05, 3.63) is 46.8 Å². The molecule has 0 radical (unpaired) electrons. The SMILES string of the molecule is CCOc1c(OC)cc(-c2nc3scc(-c4ccc(Cl)cc4)n3n2)cc1OC. The average molecular weight is 416 g/mol. The minimum Gasteiger partial charge on any atom is -0.493 e. The van der Waals surface area contributed by atoms with Crippen molar-refractivity contribution in [2.24, 2.45) is 0 Å². The molecular weight excluding hydrogens is 398 g/mol. The number of aromatic nitrogens is 3. The topological polar surface area (TPSA) is 57.9 Å². The molecule has 0 atom stereocenters. The van der Waals surface area contributed by atoms with E-state index >= 15 is 0 Å². The summed E-state index contributed by atoms with van der Waals surface area (Å²) in [6.07, 6.45) is 0. The number of hydrogen-bond donors (Lipinski definition) is 0. The number of fused-ring (bicyclic) bond motifs is 1. The van der Waals surface area contributed by atoms with Gasteiger partial charge >= 0.3 is 0 Å². The number of benzene rings is 2. The van der Waals surface area contributed by atoms with Crippen LogP contribution in [0.2, 0.25) is 5.02 Å². The predicted octanol–water partition coefficient (Wildman–Crippen LogP) is 5.19. The van der Waals surface area contributed by atoms with Crippen molar-refractivity contribution in [1.29, 1.82) is 0 Å². The Kier molecular flexibility index (Phi) is 5.11. The minimum absolute atomic E-state index is 0.509. The van der Waals surface area contributed by atoms with E-state index in [9.17, 15) is 0 Å². The van der Waals surface area contributed by atoms with Gasteiger partial charge in [-0.3, -0.25) is 0 Å². The summed E-state index contributed by atoms with van der Waals surface area (Å²) in [6.45, 7) is 2.42. The van der Waals surface area contributed by atoms with Crippen LogP contribution in [-0.2, 0) is 0 Å². The maximum atomic E-state index is 6.00. The summed E-state index contributed by atoms with van der Waals surface area (Å²) >= 11 is 7.53. The molecular formula is C20H18ClN3O3S. The Bertz CT molecular complexity index is 1100. The van der Waals surface area contributed by atoms with Crippen molar-refractivity contribution in [2.75, 3.05) is 20.8 Å². The van der Waals surface area contributed by atoms with Crippen molar-refractivity contribution in [3.63, 3.8) is 0 Å². The van der Waals surface area contributed by atoms with Crippen LogP contribution < -0.4 is 14.2 Å². The quantitative estimate of drug-likeness (QED) is 0.433. The van der Waals surface area contributed by atoms with Gasteiger partial charge in [-0.1, -0.05) is 23.7 Å². The molecule has 0 bridgehead atoms. The molecule has 0 N–H and O–H groups in total. The number of halogens is 1. The summed E-state index contributed by atoms with van der Waals surface area (Å²) in [4.78, 5) is 5.46. The Morgan fingerprint density at radius 3 is 2.32 bits per heavy atom. The fourth-order valence-corrected chi connectivity index (χ4v) is 3.88. The van der Waals surface area contributed by atoms with Crippen molar-refractivity contribution in [1.82, 2.24) is 14.6 Å². The third kappa shape index (κ3) is 3.27. The maximum Gasteiger partial charge on any atom is 0.213 e. The lowest BCUT2D eigenvalue weighted by Crippen LogP contribution is -1.99. The molecule has 4 rings (SSSR count). The molecule has 0 saturated heterocycles. The van der Waals surface area contributed by atoms with Crippen LogP contribution in [0.3, 0.4) is 0 Å². The first-order valence-electron chi connectivity index (χ1n) is 8.64. The highest BCUT2D eigenvalue weighted by Crippen LogP contribution is 2.41. The highest BCUT2D eigenvalue weighted by molar-refractivity contribution is 7.15. The molecule has 2 aromatic carbocycles. The van der Waals surface area contributed by atoms with Gasteiger partial charge in [0.2, 0.25) is 10.7 Å². The Morgan fingerprint density at radius 2 is 1.71 bits per heavy atom. The third-order valence-corrected chi connectivity index (χ3v) is 5.30. The van der Waals surface area contributed by atoms with Crippen molar-refractivity contribution < 1.29 is 14.2 Å². The zero-order chi connectivity index (χ0) is 19.7. The summed E-state index contributed by atoms with van der Waals surface area (Å²) in [6, 6.07) is 11.4. The number of ether oxygens (including phenoxy) is 3. The van der Waals surface area contributed by atoms with Crippen LogP contribution in [0.5, 0.6) is 17.2 Å². The Morgan fingerprint density at radius 1 is 1.04 bits per heavy atom. The summed E-state index contributed by atoms with van der Waals surface area (Å²) in [5.74, 6) is 2.31. The van der Waals surface area contributed by atoms with Gasteiger partial charge in [0.05, 0.1) is 26.5 Å². The van der Waals surface area contributed by atoms with Gasteiger partial charge in [-0.15, -0.1) is 16.4 Å². The van der Waals surface area contributed by atoms with Gasteiger partial charge < -0.3 is 14.2 Å². The lowest BCUT2D eigenvalue weighted by molar-refractivity contribution is 0.288. The van der Waals surface area contributed by atoms with Crippen LogP contribution in [-0.4, -0.2) is 35.4 Å². The second-order valence-electron chi connectivity index (χ2n) is 5.90. The van der Waals surface area contributed by atoms with Crippen molar-refractivity contribution >= 4 is 27.9 Å². The Labute approximate surface area is 171 Å². The molecule has 0 saturated carbocycles. The number of thiazole rings is 1. The molecule has 0 aliphatic rings. The van der Waals surface area contributed by atoms with E-state index < -0.39 is 0 Å². The first-order chi connectivity index (χ1) is 13.6. The lowest BCUT2D eigenvalue weighted by atomic mass is 10.1. The van der Waals surface area contributed by atoms with E-state index in [2.05, 4.69) is 4.98 Å². The maximum absolute atomic E-state index is 6.00. The highest BCUT2D eigenvalue weighted by Gasteiger charge is 2.18. The standard InChI is InChI=1S/C20H18ClN3O3S/c1-4-27-18-16(25-2)9-13(10-17(18)26-3)19-22-20-24(23-19)15(11-28-20)12-5-7-14(21)8-6-12/h5-11H,4H2,1-3H3. The first kappa shape index (κ1) is 18.6. The predicted molar refractivity (Wildman–Crippen MR) is 111 cm³/mol. The third-order valence-electron chi connectivity index (χ3n) is 4.23. The molecule has 144 valence electrons. The van der Waals surface area contributed by atoms with Gasteiger partial charge in [-0.25, -0.2) is 4.52 Å². The van der Waals surface area contributed by atoms with E-state index in [1.807, 2.05) is 53.2 Å². The van der Waals surface area contributed by atoms with Gasteiger partial charge in [0.25, 0.3) is 0 Å². The highest BCUT2D eigenvalue weighted by atomic mass is 35.5. The van der Waals surface area contributed by atoms with Crippen LogP contribution in [0, 0.1) is 0 Å². The van der Waals surface area contributed by atoms with Crippen LogP contribution in [0.1, 0.15) is 6.92 Å². The normalized spacial score (nSPS) is 11.0. The molecule has 2 heterocycles. The largest absolute Gasteiger partial charge is 0.493 e. The van der Waals surface area contributed by atoms with Crippen LogP contribution >= 0.6 is 22.9 Å². The summed E-state index contributed by atoms with van der Waals surface area (Å²) in [5.41, 5.74) is 2.77. The van der Waals surface area contributed by atoms with E-state index in [4.69, 9.17) is 30.9 Å². The number of nitrogens with zero attached hydrogens (tertiary/aromatic N) is 3. The van der Waals surface area contributed by atoms with Crippen LogP contribution in [0.25, 0.3) is 27.6 Å². The Balaban J connectivity index is 1.80. The molecule has 28 heavy (non-hydrogen) atoms. The van der Waals surface area contributed by atoms with Crippen molar-refractivity contribution in [3.8, 4) is 39.9 Å². The van der Waals surface area contributed by atoms with E-state index in [0.29, 0.717) is 34.7 Å². The molecule has 0 amide bonds. The van der Waals surface area contributed by atoms with E-state index in [1.54, 1.807) is 14.2 Å². The average Bonchev–Trinajstić information content (AvgIpc) is 3.30. The molecule has 0 aliphatic heterocycles. The zero-order valence-corrected chi connectivity index (χ0v) is 17.2. The minimum atomic E-state index is 0.509. The van der Waals surface area contributed by atoms with E-state index in [-0.39, 0.29) is 0 Å². The molecule has 0 aliphatic carbocycles. The van der Waals surface area contributed by atoms with E-state index in [1.165, 1.54) is 11.3 Å². The fourth-order valence-electron chi connectivity index (χ4n) is 2.92. The number of hydrogen-bond acceptors (Lipinski definition) is 6. The molecule has 2 aromatic heterocycles. The monoisotopic (exact) mass is 415 g/mol. The lowest BCUT2D eigenvalue weighted by Gasteiger charge is -2.14. The number of methoxy groups -OCH3 is 2. The summed E-state index contributed by atoms with van der Waals surface area (Å²) in [5, 5.41) is 7.43. The summed E-state index contributed by atoms with van der Waals surface area (Å²) < 4.78 is 18.5. The van der Waals surface area contributed by atoms with Crippen LogP contribution in [0.15, 0.2) is 41.8 Å². The van der Waals surface area contributed by atoms with E-state index in [0.717, 1.165) is 21.8 Å². The fraction of sp³-hybridized carbons (Fsp3) is 0.200. The summed E-state index contributed by atoms with van der Waals surface area (Å²) in [7, 11) is 3.19. The molecule has 4 aromatic rings. The van der Waals surface area contributed by atoms with Gasteiger partial charge in [0.1, 0.15) is 0 Å². The van der Waals surface area contributed by atoms with Crippen molar-refractivity contribution in [2.45, 2.75) is 6.92 Å². The molecule has 6 nitrogen and oxygen atoms in total. The zero-order valence-electron chi connectivity index (χ0n) is 15.6. The second-order valence-corrected chi connectivity index (χ2v) is 7.17. The second kappa shape index (κ2) is 7.69. The first-order valence-corrected chi connectivity index (χ1v) is 9.89. The Hall–Kier alpha value is -2.77. The van der Waals surface area contributed by atoms with Gasteiger partial charge in [0.15, 0.2) is 17.3 Å². The molecule has 0 spiro atoms. The van der Waals surface area contributed by atoms with Gasteiger partial charge in [0, 0.05) is 21.5 Å². The van der Waals surface area contributed by atoms with Gasteiger partial charge in [-0.2, -0.15) is 4.98 Å². The van der Waals surface area contributed by atoms with Gasteiger partial charge in [-0.05, 0) is 31.2 Å². The smallest absolute Gasteiger partial charge is 0.213 e. The molecule has 0 unspecified atom stereocenters.